The Morgan fingerprint density at radius 3 is 2.88 bits per heavy atom. The van der Waals surface area contributed by atoms with Gasteiger partial charge in [0.05, 0.1) is 6.20 Å². The van der Waals surface area contributed by atoms with Crippen molar-refractivity contribution in [2.24, 2.45) is 0 Å². The van der Waals surface area contributed by atoms with Gasteiger partial charge in [0, 0.05) is 0 Å². The number of aromatic nitrogens is 2. The fourth-order valence-electron chi connectivity index (χ4n) is 0.342. The minimum atomic E-state index is -0.518. The van der Waals surface area contributed by atoms with Crippen LogP contribution in [0.15, 0.2) is 6.20 Å². The van der Waals surface area contributed by atoms with Gasteiger partial charge in [0.1, 0.15) is 12.0 Å². The van der Waals surface area contributed by atoms with E-state index in [9.17, 15) is 4.39 Å². The molecule has 1 radical (unpaired) electrons. The summed E-state index contributed by atoms with van der Waals surface area (Å²) in [7, 11) is 0. The quantitative estimate of drug-likeness (QED) is 0.493. The third kappa shape index (κ3) is 0.992. The number of hydrogen-bond acceptors (Lipinski definition) is 2. The normalized spacial score (nSPS) is 9.25. The second-order valence-corrected chi connectivity index (χ2v) is 1.38. The number of rotatable bonds is 0. The molecular weight excluding hydrogens is 107 g/mol. The summed E-state index contributed by atoms with van der Waals surface area (Å²) >= 11 is 0. The SMILES string of the molecule is Cc1n[c]c(F)cn1. The predicted molar refractivity (Wildman–Crippen MR) is 25.6 cm³/mol. The Morgan fingerprint density at radius 1 is 1.75 bits per heavy atom. The topological polar surface area (TPSA) is 25.8 Å². The van der Waals surface area contributed by atoms with E-state index in [2.05, 4.69) is 16.2 Å². The molecule has 0 saturated heterocycles. The highest BCUT2D eigenvalue weighted by atomic mass is 19.1. The zero-order valence-corrected chi connectivity index (χ0v) is 4.35. The van der Waals surface area contributed by atoms with Crippen LogP contribution in [-0.2, 0) is 0 Å². The van der Waals surface area contributed by atoms with Crippen LogP contribution in [0.2, 0.25) is 0 Å². The minimum Gasteiger partial charge on any atom is -0.239 e. The maximum absolute atomic E-state index is 11.9. The Morgan fingerprint density at radius 2 is 2.50 bits per heavy atom. The molecule has 8 heavy (non-hydrogen) atoms. The van der Waals surface area contributed by atoms with E-state index in [0.29, 0.717) is 5.82 Å². The van der Waals surface area contributed by atoms with Gasteiger partial charge >= 0.3 is 0 Å². The van der Waals surface area contributed by atoms with E-state index in [1.165, 1.54) is 0 Å². The highest BCUT2D eigenvalue weighted by Gasteiger charge is 1.87. The first kappa shape index (κ1) is 5.15. The van der Waals surface area contributed by atoms with E-state index in [1.54, 1.807) is 6.92 Å². The summed E-state index contributed by atoms with van der Waals surface area (Å²) in [5.74, 6) is 0.0157. The molecule has 0 spiro atoms. The van der Waals surface area contributed by atoms with Crippen molar-refractivity contribution >= 4 is 0 Å². The van der Waals surface area contributed by atoms with Crippen LogP contribution >= 0.6 is 0 Å². The minimum absolute atomic E-state index is 0.518. The summed E-state index contributed by atoms with van der Waals surface area (Å²) < 4.78 is 11.9. The molecule has 0 unspecified atom stereocenters. The molecule has 0 aliphatic rings. The van der Waals surface area contributed by atoms with Crippen molar-refractivity contribution in [3.8, 4) is 0 Å². The molecule has 0 bridgehead atoms. The van der Waals surface area contributed by atoms with E-state index in [0.717, 1.165) is 6.20 Å². The van der Waals surface area contributed by atoms with Gasteiger partial charge in [0.2, 0.25) is 0 Å². The molecule has 0 amide bonds. The summed E-state index contributed by atoms with van der Waals surface area (Å²) in [6, 6.07) is 0. The van der Waals surface area contributed by atoms with Gasteiger partial charge in [-0.1, -0.05) is 0 Å². The van der Waals surface area contributed by atoms with Crippen LogP contribution in [0.4, 0.5) is 4.39 Å². The van der Waals surface area contributed by atoms with Gasteiger partial charge < -0.3 is 0 Å². The van der Waals surface area contributed by atoms with Crippen molar-refractivity contribution < 1.29 is 4.39 Å². The average molecular weight is 111 g/mol. The monoisotopic (exact) mass is 111 g/mol. The second kappa shape index (κ2) is 1.86. The van der Waals surface area contributed by atoms with E-state index >= 15 is 0 Å². The van der Waals surface area contributed by atoms with E-state index in [1.807, 2.05) is 0 Å². The largest absolute Gasteiger partial charge is 0.239 e. The Labute approximate surface area is 46.4 Å². The lowest BCUT2D eigenvalue weighted by atomic mass is 10.6. The van der Waals surface area contributed by atoms with Crippen LogP contribution in [0.25, 0.3) is 0 Å². The van der Waals surface area contributed by atoms with Crippen molar-refractivity contribution in [3.05, 3.63) is 24.0 Å². The number of halogens is 1. The molecule has 2 nitrogen and oxygen atoms in total. The Bertz CT molecular complexity index is 149. The molecular formula is C5H4FN2. The van der Waals surface area contributed by atoms with Crippen LogP contribution < -0.4 is 0 Å². The fourth-order valence-corrected chi connectivity index (χ4v) is 0.342. The van der Waals surface area contributed by atoms with Crippen LogP contribution in [0, 0.1) is 18.9 Å². The molecule has 0 aliphatic heterocycles. The summed E-state index contributed by atoms with van der Waals surface area (Å²) in [5, 5.41) is 0. The number of hydrogen-bond donors (Lipinski definition) is 0. The van der Waals surface area contributed by atoms with E-state index in [-0.39, 0.29) is 0 Å². The standard InChI is InChI=1S/C5H4FN2/c1-4-7-2-5(6)3-8-4/h2H,1H3. The highest BCUT2D eigenvalue weighted by Crippen LogP contribution is 1.88. The lowest BCUT2D eigenvalue weighted by Crippen LogP contribution is -1.86. The Kier molecular flexibility index (Phi) is 1.20. The van der Waals surface area contributed by atoms with Crippen LogP contribution in [0.3, 0.4) is 0 Å². The molecule has 0 N–H and O–H groups in total. The van der Waals surface area contributed by atoms with Gasteiger partial charge in [-0.2, -0.15) is 0 Å². The van der Waals surface area contributed by atoms with Gasteiger partial charge in [-0.3, -0.25) is 0 Å². The molecule has 0 fully saturated rings. The van der Waals surface area contributed by atoms with Crippen LogP contribution in [0.5, 0.6) is 0 Å². The first-order chi connectivity index (χ1) is 3.79. The maximum atomic E-state index is 11.9. The van der Waals surface area contributed by atoms with E-state index < -0.39 is 5.82 Å². The molecule has 0 aliphatic carbocycles. The summed E-state index contributed by atoms with van der Waals surface area (Å²) in [6.07, 6.45) is 3.21. The Hall–Kier alpha value is -0.990. The summed E-state index contributed by atoms with van der Waals surface area (Å²) in [6.45, 7) is 1.68. The molecule has 3 heteroatoms. The van der Waals surface area contributed by atoms with Gasteiger partial charge in [-0.25, -0.2) is 14.4 Å². The number of aryl methyl sites for hydroxylation is 1. The zero-order valence-electron chi connectivity index (χ0n) is 4.35. The third-order valence-corrected chi connectivity index (χ3v) is 0.689. The van der Waals surface area contributed by atoms with Crippen molar-refractivity contribution in [2.75, 3.05) is 0 Å². The maximum Gasteiger partial charge on any atom is 0.169 e. The van der Waals surface area contributed by atoms with E-state index in [4.69, 9.17) is 0 Å². The van der Waals surface area contributed by atoms with Crippen LogP contribution in [-0.4, -0.2) is 9.97 Å². The summed E-state index contributed by atoms with van der Waals surface area (Å²) in [5.41, 5.74) is 0. The zero-order chi connectivity index (χ0) is 5.98. The first-order valence-electron chi connectivity index (χ1n) is 2.16. The molecule has 1 aromatic rings. The fraction of sp³-hybridized carbons (Fsp3) is 0.200. The third-order valence-electron chi connectivity index (χ3n) is 0.689. The highest BCUT2D eigenvalue weighted by molar-refractivity contribution is 4.86. The molecule has 0 saturated carbocycles. The summed E-state index contributed by atoms with van der Waals surface area (Å²) in [4.78, 5) is 7.03. The van der Waals surface area contributed by atoms with Gasteiger partial charge in [-0.05, 0) is 6.92 Å². The average Bonchev–Trinajstić information content (AvgIpc) is 1.77. The predicted octanol–water partition coefficient (Wildman–Crippen LogP) is 0.724. The molecule has 0 atom stereocenters. The second-order valence-electron chi connectivity index (χ2n) is 1.38. The van der Waals surface area contributed by atoms with Crippen molar-refractivity contribution in [3.63, 3.8) is 0 Å². The molecule has 1 aromatic heterocycles. The molecule has 1 rings (SSSR count). The van der Waals surface area contributed by atoms with Crippen molar-refractivity contribution in [2.45, 2.75) is 6.92 Å². The first-order valence-corrected chi connectivity index (χ1v) is 2.16. The molecule has 1 heterocycles. The molecule has 41 valence electrons. The van der Waals surface area contributed by atoms with Crippen molar-refractivity contribution in [1.82, 2.24) is 9.97 Å². The molecule has 0 aromatic carbocycles. The van der Waals surface area contributed by atoms with Gasteiger partial charge in [0.15, 0.2) is 5.82 Å². The van der Waals surface area contributed by atoms with Gasteiger partial charge in [0.25, 0.3) is 0 Å². The Balaban J connectivity index is 3.03. The lowest BCUT2D eigenvalue weighted by molar-refractivity contribution is 0.608. The van der Waals surface area contributed by atoms with Crippen molar-refractivity contribution in [1.29, 1.82) is 0 Å². The lowest BCUT2D eigenvalue weighted by Gasteiger charge is -1.84. The smallest absolute Gasteiger partial charge is 0.169 e. The van der Waals surface area contributed by atoms with Gasteiger partial charge in [-0.15, -0.1) is 0 Å². The van der Waals surface area contributed by atoms with Crippen LogP contribution in [0.1, 0.15) is 5.82 Å². The number of nitrogens with zero attached hydrogens (tertiary/aromatic N) is 2.